The van der Waals surface area contributed by atoms with Crippen molar-refractivity contribution in [3.8, 4) is 0 Å². The summed E-state index contributed by atoms with van der Waals surface area (Å²) in [6, 6.07) is 0. The van der Waals surface area contributed by atoms with E-state index < -0.39 is 0 Å². The van der Waals surface area contributed by atoms with Crippen molar-refractivity contribution in [3.05, 3.63) is 0 Å². The monoisotopic (exact) mass is 229 g/mol. The van der Waals surface area contributed by atoms with Crippen molar-refractivity contribution in [3.63, 3.8) is 0 Å². The van der Waals surface area contributed by atoms with Crippen molar-refractivity contribution < 1.29 is 14.3 Å². The van der Waals surface area contributed by atoms with Crippen LogP contribution in [0.15, 0.2) is 0 Å². The van der Waals surface area contributed by atoms with Crippen LogP contribution in [0, 0.1) is 5.92 Å². The van der Waals surface area contributed by atoms with Gasteiger partial charge in [0.05, 0.1) is 6.61 Å². The highest BCUT2D eigenvalue weighted by molar-refractivity contribution is 5.83. The summed E-state index contributed by atoms with van der Waals surface area (Å²) in [6.45, 7) is 6.19. The predicted octanol–water partition coefficient (Wildman–Crippen LogP) is 1.88. The molecule has 94 valence electrons. The van der Waals surface area contributed by atoms with Gasteiger partial charge in [0, 0.05) is 5.92 Å². The standard InChI is InChI=1S/C12H23NO3/c1-4-7-10(8-5-2)12(15)13-9-11(14)16-6-3/h10H,4-9H2,1-3H3,(H,13,15). The largest absolute Gasteiger partial charge is 0.465 e. The first-order valence-electron chi connectivity index (χ1n) is 6.08. The molecule has 0 aromatic carbocycles. The fraction of sp³-hybridized carbons (Fsp3) is 0.833. The van der Waals surface area contributed by atoms with E-state index in [1.54, 1.807) is 6.92 Å². The summed E-state index contributed by atoms with van der Waals surface area (Å²) in [4.78, 5) is 22.8. The van der Waals surface area contributed by atoms with Crippen LogP contribution in [0.3, 0.4) is 0 Å². The fourth-order valence-corrected chi connectivity index (χ4v) is 1.62. The molecule has 0 heterocycles. The SMILES string of the molecule is CCCC(CCC)C(=O)NCC(=O)OCC. The van der Waals surface area contributed by atoms with E-state index in [9.17, 15) is 9.59 Å². The maximum absolute atomic E-state index is 11.7. The van der Waals surface area contributed by atoms with Gasteiger partial charge in [-0.2, -0.15) is 0 Å². The van der Waals surface area contributed by atoms with Gasteiger partial charge in [-0.15, -0.1) is 0 Å². The van der Waals surface area contributed by atoms with Crippen LogP contribution >= 0.6 is 0 Å². The summed E-state index contributed by atoms with van der Waals surface area (Å²) in [5.74, 6) is -0.372. The first-order valence-corrected chi connectivity index (χ1v) is 6.08. The summed E-state index contributed by atoms with van der Waals surface area (Å²) in [5, 5.41) is 2.62. The molecular weight excluding hydrogens is 206 g/mol. The van der Waals surface area contributed by atoms with Crippen LogP contribution in [-0.2, 0) is 14.3 Å². The number of amides is 1. The van der Waals surface area contributed by atoms with E-state index in [0.29, 0.717) is 6.61 Å². The van der Waals surface area contributed by atoms with Crippen LogP contribution < -0.4 is 5.32 Å². The quantitative estimate of drug-likeness (QED) is 0.647. The Hall–Kier alpha value is -1.06. The number of hydrogen-bond acceptors (Lipinski definition) is 3. The summed E-state index contributed by atoms with van der Waals surface area (Å²) >= 11 is 0. The molecule has 0 unspecified atom stereocenters. The molecule has 1 N–H and O–H groups in total. The normalized spacial score (nSPS) is 10.2. The zero-order valence-electron chi connectivity index (χ0n) is 10.5. The third kappa shape index (κ3) is 6.43. The van der Waals surface area contributed by atoms with Crippen LogP contribution in [0.2, 0.25) is 0 Å². The molecule has 4 nitrogen and oxygen atoms in total. The number of ether oxygens (including phenoxy) is 1. The van der Waals surface area contributed by atoms with Crippen LogP contribution in [-0.4, -0.2) is 25.0 Å². The Kier molecular flexibility index (Phi) is 8.58. The van der Waals surface area contributed by atoms with Crippen molar-refractivity contribution in [1.82, 2.24) is 5.32 Å². The molecule has 0 aliphatic rings. The van der Waals surface area contributed by atoms with Gasteiger partial charge in [0.1, 0.15) is 6.54 Å². The van der Waals surface area contributed by atoms with Gasteiger partial charge in [-0.1, -0.05) is 26.7 Å². The van der Waals surface area contributed by atoms with E-state index in [0.717, 1.165) is 25.7 Å². The second kappa shape index (κ2) is 9.19. The second-order valence-electron chi connectivity index (χ2n) is 3.80. The van der Waals surface area contributed by atoms with Crippen LogP contribution in [0.25, 0.3) is 0 Å². The number of rotatable bonds is 8. The van der Waals surface area contributed by atoms with Gasteiger partial charge in [0.2, 0.25) is 5.91 Å². The van der Waals surface area contributed by atoms with Crippen molar-refractivity contribution in [1.29, 1.82) is 0 Å². The van der Waals surface area contributed by atoms with E-state index >= 15 is 0 Å². The van der Waals surface area contributed by atoms with E-state index in [1.807, 2.05) is 0 Å². The molecule has 0 saturated carbocycles. The van der Waals surface area contributed by atoms with Crippen molar-refractivity contribution in [2.75, 3.05) is 13.2 Å². The summed E-state index contributed by atoms with van der Waals surface area (Å²) < 4.78 is 4.74. The van der Waals surface area contributed by atoms with Crippen LogP contribution in [0.1, 0.15) is 46.5 Å². The summed E-state index contributed by atoms with van der Waals surface area (Å²) in [5.41, 5.74) is 0. The van der Waals surface area contributed by atoms with Crippen molar-refractivity contribution in [2.24, 2.45) is 5.92 Å². The molecule has 0 aromatic rings. The molecule has 0 aromatic heterocycles. The van der Waals surface area contributed by atoms with Gasteiger partial charge >= 0.3 is 5.97 Å². The summed E-state index contributed by atoms with van der Waals surface area (Å²) in [6.07, 6.45) is 3.72. The lowest BCUT2D eigenvalue weighted by Crippen LogP contribution is -2.35. The Bertz CT molecular complexity index is 210. The van der Waals surface area contributed by atoms with E-state index in [4.69, 9.17) is 4.74 Å². The highest BCUT2D eigenvalue weighted by atomic mass is 16.5. The Labute approximate surface area is 97.7 Å². The van der Waals surface area contributed by atoms with E-state index in [-0.39, 0.29) is 24.3 Å². The number of nitrogens with one attached hydrogen (secondary N) is 1. The third-order valence-electron chi connectivity index (χ3n) is 2.36. The Balaban J connectivity index is 3.94. The molecule has 0 bridgehead atoms. The number of carbonyl (C=O) groups excluding carboxylic acids is 2. The number of carbonyl (C=O) groups is 2. The van der Waals surface area contributed by atoms with Gasteiger partial charge in [0.15, 0.2) is 0 Å². The average molecular weight is 229 g/mol. The second-order valence-corrected chi connectivity index (χ2v) is 3.80. The van der Waals surface area contributed by atoms with Gasteiger partial charge in [-0.05, 0) is 19.8 Å². The smallest absolute Gasteiger partial charge is 0.325 e. The lowest BCUT2D eigenvalue weighted by molar-refractivity contribution is -0.143. The van der Waals surface area contributed by atoms with Gasteiger partial charge in [-0.3, -0.25) is 9.59 Å². The lowest BCUT2D eigenvalue weighted by Gasteiger charge is -2.14. The molecule has 0 aliphatic heterocycles. The first-order chi connectivity index (χ1) is 7.65. The Morgan fingerprint density at radius 1 is 1.12 bits per heavy atom. The predicted molar refractivity (Wildman–Crippen MR) is 62.9 cm³/mol. The molecule has 0 rings (SSSR count). The molecule has 0 aliphatic carbocycles. The average Bonchev–Trinajstić information content (AvgIpc) is 2.26. The van der Waals surface area contributed by atoms with E-state index in [1.165, 1.54) is 0 Å². The minimum Gasteiger partial charge on any atom is -0.465 e. The van der Waals surface area contributed by atoms with Crippen molar-refractivity contribution in [2.45, 2.75) is 46.5 Å². The molecule has 0 radical (unpaired) electrons. The Morgan fingerprint density at radius 3 is 2.12 bits per heavy atom. The maximum atomic E-state index is 11.7. The maximum Gasteiger partial charge on any atom is 0.325 e. The van der Waals surface area contributed by atoms with Gasteiger partial charge in [-0.25, -0.2) is 0 Å². The van der Waals surface area contributed by atoms with Crippen LogP contribution in [0.5, 0.6) is 0 Å². The fourth-order valence-electron chi connectivity index (χ4n) is 1.62. The molecule has 0 spiro atoms. The number of esters is 1. The third-order valence-corrected chi connectivity index (χ3v) is 2.36. The minimum absolute atomic E-state index is 0.0173. The number of hydrogen-bond donors (Lipinski definition) is 1. The zero-order chi connectivity index (χ0) is 12.4. The highest BCUT2D eigenvalue weighted by Gasteiger charge is 2.17. The summed E-state index contributed by atoms with van der Waals surface area (Å²) in [7, 11) is 0. The molecule has 0 saturated heterocycles. The first kappa shape index (κ1) is 14.9. The lowest BCUT2D eigenvalue weighted by atomic mass is 9.97. The van der Waals surface area contributed by atoms with Crippen LogP contribution in [0.4, 0.5) is 0 Å². The van der Waals surface area contributed by atoms with Crippen molar-refractivity contribution >= 4 is 11.9 Å². The molecule has 1 amide bonds. The highest BCUT2D eigenvalue weighted by Crippen LogP contribution is 2.13. The Morgan fingerprint density at radius 2 is 1.69 bits per heavy atom. The zero-order valence-corrected chi connectivity index (χ0v) is 10.5. The minimum atomic E-state index is -0.373. The molecule has 4 heteroatoms. The molecule has 16 heavy (non-hydrogen) atoms. The molecule has 0 fully saturated rings. The van der Waals surface area contributed by atoms with Gasteiger partial charge < -0.3 is 10.1 Å². The molecular formula is C12H23NO3. The van der Waals surface area contributed by atoms with E-state index in [2.05, 4.69) is 19.2 Å². The molecule has 0 atom stereocenters. The topological polar surface area (TPSA) is 55.4 Å². The van der Waals surface area contributed by atoms with Gasteiger partial charge in [0.25, 0.3) is 0 Å².